The van der Waals surface area contributed by atoms with Gasteiger partial charge in [0.25, 0.3) is 10.0 Å². The molecule has 19 heavy (non-hydrogen) atoms. The number of nitrogens with zero attached hydrogens (tertiary/aromatic N) is 1. The first-order chi connectivity index (χ1) is 8.92. The van der Waals surface area contributed by atoms with Gasteiger partial charge >= 0.3 is 5.97 Å². The van der Waals surface area contributed by atoms with Gasteiger partial charge in [-0.2, -0.15) is 0 Å². The molecule has 2 N–H and O–H groups in total. The van der Waals surface area contributed by atoms with Crippen molar-refractivity contribution in [3.63, 3.8) is 0 Å². The second-order valence-electron chi connectivity index (χ2n) is 3.36. The number of aromatic carboxylic acids is 1. The minimum atomic E-state index is -3.98. The van der Waals surface area contributed by atoms with E-state index in [4.69, 9.17) is 5.11 Å². The number of hydrogen-bond donors (Lipinski definition) is 2. The van der Waals surface area contributed by atoms with Crippen molar-refractivity contribution in [2.45, 2.75) is 4.90 Å². The molecule has 0 saturated carbocycles. The molecule has 0 saturated heterocycles. The Morgan fingerprint density at radius 2 is 2.16 bits per heavy atom. The zero-order chi connectivity index (χ0) is 14.0. The summed E-state index contributed by atoms with van der Waals surface area (Å²) >= 11 is 4.00. The Kier molecular flexibility index (Phi) is 3.88. The van der Waals surface area contributed by atoms with Gasteiger partial charge in [-0.05, 0) is 39.5 Å². The molecule has 2 aromatic heterocycles. The SMILES string of the molecule is O=C(O)c1sccc1S(=O)(=O)Nc1ncccc1Br. The van der Waals surface area contributed by atoms with Gasteiger partial charge < -0.3 is 5.11 Å². The van der Waals surface area contributed by atoms with Crippen LogP contribution in [0.2, 0.25) is 0 Å². The molecule has 0 atom stereocenters. The fourth-order valence-electron chi connectivity index (χ4n) is 1.31. The molecule has 0 aliphatic rings. The number of carbonyl (C=O) groups is 1. The fourth-order valence-corrected chi connectivity index (χ4v) is 4.08. The Hall–Kier alpha value is -1.45. The van der Waals surface area contributed by atoms with E-state index < -0.39 is 16.0 Å². The summed E-state index contributed by atoms with van der Waals surface area (Å²) in [5.41, 5.74) is 0. The topological polar surface area (TPSA) is 96.4 Å². The van der Waals surface area contributed by atoms with E-state index in [2.05, 4.69) is 25.6 Å². The van der Waals surface area contributed by atoms with E-state index in [-0.39, 0.29) is 15.6 Å². The van der Waals surface area contributed by atoms with Crippen molar-refractivity contribution in [2.24, 2.45) is 0 Å². The van der Waals surface area contributed by atoms with Gasteiger partial charge in [0, 0.05) is 6.20 Å². The third-order valence-corrected chi connectivity index (χ3v) is 5.16. The highest BCUT2D eigenvalue weighted by atomic mass is 79.9. The van der Waals surface area contributed by atoms with E-state index >= 15 is 0 Å². The zero-order valence-electron chi connectivity index (χ0n) is 9.20. The molecular formula is C10H7BrN2O4S2. The number of anilines is 1. The summed E-state index contributed by atoms with van der Waals surface area (Å²) < 4.78 is 26.9. The van der Waals surface area contributed by atoms with Crippen molar-refractivity contribution < 1.29 is 18.3 Å². The number of hydrogen-bond acceptors (Lipinski definition) is 5. The van der Waals surface area contributed by atoms with E-state index in [1.54, 1.807) is 12.1 Å². The lowest BCUT2D eigenvalue weighted by Crippen LogP contribution is -2.16. The molecule has 2 heterocycles. The van der Waals surface area contributed by atoms with Crippen LogP contribution < -0.4 is 4.72 Å². The van der Waals surface area contributed by atoms with Crippen LogP contribution in [0.5, 0.6) is 0 Å². The minimum Gasteiger partial charge on any atom is -0.477 e. The largest absolute Gasteiger partial charge is 0.477 e. The summed E-state index contributed by atoms with van der Waals surface area (Å²) in [6.45, 7) is 0. The predicted octanol–water partition coefficient (Wildman–Crippen LogP) is 2.40. The summed E-state index contributed by atoms with van der Waals surface area (Å²) in [7, 11) is -3.98. The number of nitrogens with one attached hydrogen (secondary N) is 1. The molecule has 0 fully saturated rings. The average Bonchev–Trinajstić information content (AvgIpc) is 2.82. The Labute approximate surface area is 121 Å². The number of thiophene rings is 1. The van der Waals surface area contributed by atoms with E-state index in [9.17, 15) is 13.2 Å². The lowest BCUT2D eigenvalue weighted by atomic mass is 10.5. The number of aromatic nitrogens is 1. The fraction of sp³-hybridized carbons (Fsp3) is 0. The summed E-state index contributed by atoms with van der Waals surface area (Å²) in [6, 6.07) is 4.50. The predicted molar refractivity (Wildman–Crippen MR) is 74.0 cm³/mol. The number of carboxylic acid groups (broad SMARTS) is 1. The van der Waals surface area contributed by atoms with Gasteiger partial charge in [-0.1, -0.05) is 0 Å². The van der Waals surface area contributed by atoms with Crippen LogP contribution in [0.15, 0.2) is 39.1 Å². The Morgan fingerprint density at radius 3 is 2.79 bits per heavy atom. The molecule has 0 unspecified atom stereocenters. The summed E-state index contributed by atoms with van der Waals surface area (Å²) in [5, 5.41) is 10.3. The van der Waals surface area contributed by atoms with Gasteiger partial charge in [-0.3, -0.25) is 4.72 Å². The van der Waals surface area contributed by atoms with Gasteiger partial charge in [-0.25, -0.2) is 18.2 Å². The van der Waals surface area contributed by atoms with Crippen LogP contribution >= 0.6 is 27.3 Å². The third-order valence-electron chi connectivity index (χ3n) is 2.10. The molecule has 0 radical (unpaired) electrons. The molecule has 9 heteroatoms. The molecule has 0 aromatic carbocycles. The van der Waals surface area contributed by atoms with E-state index in [1.165, 1.54) is 17.6 Å². The molecule has 6 nitrogen and oxygen atoms in total. The van der Waals surface area contributed by atoms with Crippen LogP contribution in [0.3, 0.4) is 0 Å². The standard InChI is InChI=1S/C10H7BrN2O4S2/c11-6-2-1-4-12-9(6)13-19(16,17)7-3-5-18-8(7)10(14)15/h1-5H,(H,12,13)(H,14,15). The van der Waals surface area contributed by atoms with Crippen LogP contribution in [0.4, 0.5) is 5.82 Å². The van der Waals surface area contributed by atoms with Gasteiger partial charge in [0.05, 0.1) is 4.47 Å². The Balaban J connectivity index is 2.41. The number of carboxylic acids is 1. The van der Waals surface area contributed by atoms with Crippen molar-refractivity contribution in [3.05, 3.63) is 39.1 Å². The maximum Gasteiger partial charge on any atom is 0.347 e. The minimum absolute atomic E-state index is 0.102. The van der Waals surface area contributed by atoms with Gasteiger partial charge in [-0.15, -0.1) is 11.3 Å². The smallest absolute Gasteiger partial charge is 0.347 e. The maximum absolute atomic E-state index is 12.1. The van der Waals surface area contributed by atoms with Crippen molar-refractivity contribution in [2.75, 3.05) is 4.72 Å². The molecular weight excluding hydrogens is 356 g/mol. The Bertz CT molecular complexity index is 727. The number of pyridine rings is 1. The zero-order valence-corrected chi connectivity index (χ0v) is 12.4. The van der Waals surface area contributed by atoms with E-state index in [0.29, 0.717) is 4.47 Å². The average molecular weight is 363 g/mol. The number of halogens is 1. The van der Waals surface area contributed by atoms with Gasteiger partial charge in [0.1, 0.15) is 9.77 Å². The molecule has 0 aliphatic heterocycles. The Morgan fingerprint density at radius 1 is 1.42 bits per heavy atom. The van der Waals surface area contributed by atoms with Crippen molar-refractivity contribution in [1.82, 2.24) is 4.98 Å². The molecule has 0 aliphatic carbocycles. The second kappa shape index (κ2) is 5.27. The maximum atomic E-state index is 12.1. The summed E-state index contributed by atoms with van der Waals surface area (Å²) in [5.74, 6) is -1.18. The van der Waals surface area contributed by atoms with Crippen LogP contribution in [-0.2, 0) is 10.0 Å². The number of rotatable bonds is 4. The van der Waals surface area contributed by atoms with Crippen LogP contribution in [0, 0.1) is 0 Å². The third kappa shape index (κ3) is 2.94. The second-order valence-corrected chi connectivity index (χ2v) is 6.78. The van der Waals surface area contributed by atoms with Gasteiger partial charge in [0.2, 0.25) is 0 Å². The quantitative estimate of drug-likeness (QED) is 0.870. The van der Waals surface area contributed by atoms with Crippen LogP contribution in [0.1, 0.15) is 9.67 Å². The highest BCUT2D eigenvalue weighted by molar-refractivity contribution is 9.10. The normalized spacial score (nSPS) is 11.2. The highest BCUT2D eigenvalue weighted by Gasteiger charge is 2.24. The summed E-state index contributed by atoms with van der Waals surface area (Å²) in [6.07, 6.45) is 1.42. The molecule has 2 rings (SSSR count). The molecule has 0 amide bonds. The van der Waals surface area contributed by atoms with Crippen molar-refractivity contribution >= 4 is 49.1 Å². The number of sulfonamides is 1. The van der Waals surface area contributed by atoms with Crippen LogP contribution in [-0.4, -0.2) is 24.5 Å². The van der Waals surface area contributed by atoms with Crippen LogP contribution in [0.25, 0.3) is 0 Å². The lowest BCUT2D eigenvalue weighted by molar-refractivity contribution is 0.0698. The molecule has 0 spiro atoms. The summed E-state index contributed by atoms with van der Waals surface area (Å²) in [4.78, 5) is 14.3. The van der Waals surface area contributed by atoms with E-state index in [0.717, 1.165) is 11.3 Å². The highest BCUT2D eigenvalue weighted by Crippen LogP contribution is 2.26. The molecule has 100 valence electrons. The molecule has 0 bridgehead atoms. The molecule has 2 aromatic rings. The van der Waals surface area contributed by atoms with Crippen molar-refractivity contribution in [3.8, 4) is 0 Å². The lowest BCUT2D eigenvalue weighted by Gasteiger charge is -2.07. The first kappa shape index (κ1) is 14.0. The first-order valence-corrected chi connectivity index (χ1v) is 8.01. The first-order valence-electron chi connectivity index (χ1n) is 4.86. The van der Waals surface area contributed by atoms with Crippen molar-refractivity contribution in [1.29, 1.82) is 0 Å². The monoisotopic (exact) mass is 362 g/mol. The van der Waals surface area contributed by atoms with E-state index in [1.807, 2.05) is 0 Å². The van der Waals surface area contributed by atoms with Gasteiger partial charge in [0.15, 0.2) is 5.82 Å².